The first-order valence-electron chi connectivity index (χ1n) is 5.95. The van der Waals surface area contributed by atoms with Crippen LogP contribution in [0.5, 0.6) is 0 Å². The van der Waals surface area contributed by atoms with Crippen LogP contribution in [-0.2, 0) is 9.47 Å². The number of ether oxygens (including phenoxy) is 2. The molecular formula is C12H22O2. The summed E-state index contributed by atoms with van der Waals surface area (Å²) < 4.78 is 12.1. The van der Waals surface area contributed by atoms with Gasteiger partial charge in [-0.05, 0) is 39.0 Å². The fourth-order valence-electron chi connectivity index (χ4n) is 3.02. The SMILES string of the molecule is C[C@@H]1C[C@@H](C)O[C@]2(CCC[C@H](C)O2)C1. The molecule has 0 saturated carbocycles. The van der Waals surface area contributed by atoms with E-state index in [0.717, 1.165) is 18.8 Å². The van der Waals surface area contributed by atoms with Crippen molar-refractivity contribution in [2.24, 2.45) is 5.92 Å². The summed E-state index contributed by atoms with van der Waals surface area (Å²) in [5, 5.41) is 0. The Morgan fingerprint density at radius 2 is 1.79 bits per heavy atom. The quantitative estimate of drug-likeness (QED) is 0.595. The average Bonchev–Trinajstić information content (AvgIpc) is 1.99. The van der Waals surface area contributed by atoms with Crippen molar-refractivity contribution in [1.82, 2.24) is 0 Å². The van der Waals surface area contributed by atoms with Crippen LogP contribution in [0.3, 0.4) is 0 Å². The molecule has 0 unspecified atom stereocenters. The van der Waals surface area contributed by atoms with Gasteiger partial charge in [0.2, 0.25) is 0 Å². The van der Waals surface area contributed by atoms with Crippen molar-refractivity contribution in [3.63, 3.8) is 0 Å². The van der Waals surface area contributed by atoms with Crippen LogP contribution < -0.4 is 0 Å². The third-order valence-electron chi connectivity index (χ3n) is 3.39. The first-order chi connectivity index (χ1) is 6.60. The molecule has 2 rings (SSSR count). The molecule has 2 heteroatoms. The second kappa shape index (κ2) is 3.82. The highest BCUT2D eigenvalue weighted by Gasteiger charge is 2.42. The molecular weight excluding hydrogens is 176 g/mol. The van der Waals surface area contributed by atoms with E-state index >= 15 is 0 Å². The maximum absolute atomic E-state index is 6.03. The zero-order valence-electron chi connectivity index (χ0n) is 9.58. The van der Waals surface area contributed by atoms with Gasteiger partial charge >= 0.3 is 0 Å². The van der Waals surface area contributed by atoms with Crippen LogP contribution in [0, 0.1) is 5.92 Å². The van der Waals surface area contributed by atoms with Crippen molar-refractivity contribution in [3.8, 4) is 0 Å². The van der Waals surface area contributed by atoms with Gasteiger partial charge in [-0.25, -0.2) is 0 Å². The molecule has 0 amide bonds. The summed E-state index contributed by atoms with van der Waals surface area (Å²) in [6.45, 7) is 6.64. The monoisotopic (exact) mass is 198 g/mol. The minimum Gasteiger partial charge on any atom is -0.347 e. The Morgan fingerprint density at radius 1 is 1.07 bits per heavy atom. The van der Waals surface area contributed by atoms with Crippen molar-refractivity contribution >= 4 is 0 Å². The van der Waals surface area contributed by atoms with E-state index in [1.807, 2.05) is 0 Å². The molecule has 2 fully saturated rings. The minimum atomic E-state index is -0.227. The molecule has 0 N–H and O–H groups in total. The lowest BCUT2D eigenvalue weighted by molar-refractivity contribution is -0.316. The summed E-state index contributed by atoms with van der Waals surface area (Å²) in [6.07, 6.45) is 6.53. The lowest BCUT2D eigenvalue weighted by Crippen LogP contribution is -2.48. The summed E-state index contributed by atoms with van der Waals surface area (Å²) >= 11 is 0. The normalized spacial score (nSPS) is 49.5. The number of rotatable bonds is 0. The van der Waals surface area contributed by atoms with Gasteiger partial charge in [0, 0.05) is 12.8 Å². The molecule has 0 radical (unpaired) electrons. The third kappa shape index (κ3) is 2.12. The Kier molecular flexibility index (Phi) is 2.85. The van der Waals surface area contributed by atoms with Crippen LogP contribution in [-0.4, -0.2) is 18.0 Å². The van der Waals surface area contributed by atoms with Crippen molar-refractivity contribution in [3.05, 3.63) is 0 Å². The van der Waals surface area contributed by atoms with E-state index in [-0.39, 0.29) is 5.79 Å². The Labute approximate surface area is 87.0 Å². The maximum Gasteiger partial charge on any atom is 0.169 e. The highest BCUT2D eigenvalue weighted by Crippen LogP contribution is 2.40. The first kappa shape index (κ1) is 10.4. The lowest BCUT2D eigenvalue weighted by Gasteiger charge is -2.46. The zero-order chi connectivity index (χ0) is 10.2. The second-order valence-corrected chi connectivity index (χ2v) is 5.20. The van der Waals surface area contributed by atoms with E-state index in [2.05, 4.69) is 20.8 Å². The van der Waals surface area contributed by atoms with Gasteiger partial charge in [-0.1, -0.05) is 6.92 Å². The van der Waals surface area contributed by atoms with Crippen molar-refractivity contribution in [2.75, 3.05) is 0 Å². The van der Waals surface area contributed by atoms with E-state index in [4.69, 9.17) is 9.47 Å². The van der Waals surface area contributed by atoms with E-state index in [1.54, 1.807) is 0 Å². The fourth-order valence-corrected chi connectivity index (χ4v) is 3.02. The van der Waals surface area contributed by atoms with Crippen molar-refractivity contribution < 1.29 is 9.47 Å². The van der Waals surface area contributed by atoms with E-state index in [0.29, 0.717) is 12.2 Å². The summed E-state index contributed by atoms with van der Waals surface area (Å²) in [7, 11) is 0. The molecule has 2 nitrogen and oxygen atoms in total. The van der Waals surface area contributed by atoms with E-state index in [9.17, 15) is 0 Å². The smallest absolute Gasteiger partial charge is 0.169 e. The Morgan fingerprint density at radius 3 is 2.43 bits per heavy atom. The molecule has 4 atom stereocenters. The average molecular weight is 198 g/mol. The molecule has 2 aliphatic heterocycles. The van der Waals surface area contributed by atoms with Crippen LogP contribution in [0.2, 0.25) is 0 Å². The number of hydrogen-bond acceptors (Lipinski definition) is 2. The molecule has 0 bridgehead atoms. The molecule has 14 heavy (non-hydrogen) atoms. The standard InChI is InChI=1S/C12H22O2/c1-9-7-11(3)14-12(8-9)6-4-5-10(2)13-12/h9-11H,4-8H2,1-3H3/t9-,10+,11-,12-/m1/s1. The van der Waals surface area contributed by atoms with E-state index < -0.39 is 0 Å². The van der Waals surface area contributed by atoms with Gasteiger partial charge < -0.3 is 9.47 Å². The largest absolute Gasteiger partial charge is 0.347 e. The van der Waals surface area contributed by atoms with Gasteiger partial charge in [-0.3, -0.25) is 0 Å². The minimum absolute atomic E-state index is 0.227. The van der Waals surface area contributed by atoms with Crippen LogP contribution in [0.15, 0.2) is 0 Å². The van der Waals surface area contributed by atoms with Gasteiger partial charge in [-0.2, -0.15) is 0 Å². The molecule has 82 valence electrons. The molecule has 1 spiro atoms. The summed E-state index contributed by atoms with van der Waals surface area (Å²) in [6, 6.07) is 0. The topological polar surface area (TPSA) is 18.5 Å². The molecule has 2 aliphatic rings. The zero-order valence-corrected chi connectivity index (χ0v) is 9.58. The van der Waals surface area contributed by atoms with Crippen molar-refractivity contribution in [1.29, 1.82) is 0 Å². The Balaban J connectivity index is 2.05. The van der Waals surface area contributed by atoms with Gasteiger partial charge in [0.25, 0.3) is 0 Å². The first-order valence-corrected chi connectivity index (χ1v) is 5.95. The molecule has 0 aromatic rings. The fraction of sp³-hybridized carbons (Fsp3) is 1.00. The third-order valence-corrected chi connectivity index (χ3v) is 3.39. The lowest BCUT2D eigenvalue weighted by atomic mass is 9.87. The van der Waals surface area contributed by atoms with Crippen LogP contribution in [0.25, 0.3) is 0 Å². The van der Waals surface area contributed by atoms with Crippen LogP contribution in [0.1, 0.15) is 52.9 Å². The molecule has 2 heterocycles. The summed E-state index contributed by atoms with van der Waals surface area (Å²) in [5.74, 6) is 0.512. The Hall–Kier alpha value is -0.0800. The molecule has 0 aromatic carbocycles. The highest BCUT2D eigenvalue weighted by atomic mass is 16.7. The van der Waals surface area contributed by atoms with Gasteiger partial charge in [0.1, 0.15) is 0 Å². The van der Waals surface area contributed by atoms with Gasteiger partial charge in [0.15, 0.2) is 5.79 Å². The van der Waals surface area contributed by atoms with E-state index in [1.165, 1.54) is 19.3 Å². The molecule has 0 aromatic heterocycles. The molecule has 0 aliphatic carbocycles. The predicted molar refractivity (Wildman–Crippen MR) is 56.1 cm³/mol. The summed E-state index contributed by atoms with van der Waals surface area (Å²) in [5.41, 5.74) is 0. The molecule has 2 saturated heterocycles. The maximum atomic E-state index is 6.03. The number of hydrogen-bond donors (Lipinski definition) is 0. The second-order valence-electron chi connectivity index (χ2n) is 5.20. The Bertz CT molecular complexity index is 187. The summed E-state index contributed by atoms with van der Waals surface area (Å²) in [4.78, 5) is 0. The van der Waals surface area contributed by atoms with Gasteiger partial charge in [-0.15, -0.1) is 0 Å². The predicted octanol–water partition coefficient (Wildman–Crippen LogP) is 3.11. The van der Waals surface area contributed by atoms with Crippen molar-refractivity contribution in [2.45, 2.75) is 70.9 Å². The van der Waals surface area contributed by atoms with Gasteiger partial charge in [0.05, 0.1) is 12.2 Å². The van der Waals surface area contributed by atoms with Crippen LogP contribution >= 0.6 is 0 Å². The van der Waals surface area contributed by atoms with Crippen LogP contribution in [0.4, 0.5) is 0 Å². The highest BCUT2D eigenvalue weighted by molar-refractivity contribution is 4.84.